The van der Waals surface area contributed by atoms with Crippen LogP contribution in [0.4, 0.5) is 0 Å². The van der Waals surface area contributed by atoms with Crippen LogP contribution in [0.5, 0.6) is 5.75 Å². The molecule has 0 radical (unpaired) electrons. The number of para-hydroxylation sites is 1. The molecule has 0 amide bonds. The molecular formula is C21H22Cl2N2O5S. The largest absolute Gasteiger partial charge is 0.487 e. The average Bonchev–Trinajstić information content (AvgIpc) is 3.00. The van der Waals surface area contributed by atoms with Crippen molar-refractivity contribution < 1.29 is 22.7 Å². The number of hydrogen-bond donors (Lipinski definition) is 1. The molecule has 31 heavy (non-hydrogen) atoms. The van der Waals surface area contributed by atoms with E-state index in [0.717, 1.165) is 12.8 Å². The van der Waals surface area contributed by atoms with Gasteiger partial charge in [0.2, 0.25) is 0 Å². The minimum atomic E-state index is -3.51. The van der Waals surface area contributed by atoms with Gasteiger partial charge in [-0.25, -0.2) is 8.42 Å². The van der Waals surface area contributed by atoms with E-state index in [-0.39, 0.29) is 24.1 Å². The van der Waals surface area contributed by atoms with Gasteiger partial charge in [-0.15, -0.1) is 0 Å². The highest BCUT2D eigenvalue weighted by atomic mass is 35.5. The van der Waals surface area contributed by atoms with Crippen LogP contribution in [0.1, 0.15) is 31.2 Å². The maximum absolute atomic E-state index is 12.0. The number of aliphatic imine (C=N–C) groups is 1. The molecular weight excluding hydrogens is 463 g/mol. The first-order valence-corrected chi connectivity index (χ1v) is 12.0. The highest BCUT2D eigenvalue weighted by molar-refractivity contribution is 7.90. The van der Waals surface area contributed by atoms with Gasteiger partial charge in [-0.1, -0.05) is 47.8 Å². The smallest absolute Gasteiger partial charge is 0.305 e. The lowest BCUT2D eigenvalue weighted by atomic mass is 10.2. The fourth-order valence-corrected chi connectivity index (χ4v) is 4.75. The van der Waals surface area contributed by atoms with Crippen LogP contribution in [0.15, 0.2) is 52.4 Å². The van der Waals surface area contributed by atoms with E-state index < -0.39 is 10.0 Å². The van der Waals surface area contributed by atoms with Gasteiger partial charge in [0.05, 0.1) is 14.9 Å². The minimum Gasteiger partial charge on any atom is -0.487 e. The second kappa shape index (κ2) is 10.8. The number of sulfonamides is 1. The Bertz CT molecular complexity index is 1050. The Balaban J connectivity index is 1.30. The van der Waals surface area contributed by atoms with Crippen LogP contribution in [0, 0.1) is 0 Å². The van der Waals surface area contributed by atoms with Crippen molar-refractivity contribution in [3.63, 3.8) is 0 Å². The maximum atomic E-state index is 12.0. The van der Waals surface area contributed by atoms with Crippen molar-refractivity contribution in [2.45, 2.75) is 30.6 Å². The molecule has 0 spiro atoms. The molecule has 0 aromatic heterocycles. The fourth-order valence-electron chi connectivity index (χ4n) is 2.99. The summed E-state index contributed by atoms with van der Waals surface area (Å²) < 4.78 is 37.1. The zero-order valence-corrected chi connectivity index (χ0v) is 19.0. The first-order chi connectivity index (χ1) is 14.9. The van der Waals surface area contributed by atoms with Crippen molar-refractivity contribution in [3.05, 3.63) is 58.1 Å². The number of carbonyl (C=O) groups is 1. The second-order valence-corrected chi connectivity index (χ2v) is 9.23. The zero-order valence-electron chi connectivity index (χ0n) is 16.6. The van der Waals surface area contributed by atoms with Crippen LogP contribution in [-0.4, -0.2) is 40.0 Å². The Kier molecular flexibility index (Phi) is 8.17. The van der Waals surface area contributed by atoms with E-state index in [2.05, 4.69) is 9.71 Å². The van der Waals surface area contributed by atoms with Crippen LogP contribution < -0.4 is 9.46 Å². The Morgan fingerprint density at radius 3 is 2.48 bits per heavy atom. The summed E-state index contributed by atoms with van der Waals surface area (Å²) in [6, 6.07) is 11.8. The molecule has 1 aliphatic heterocycles. The van der Waals surface area contributed by atoms with E-state index in [0.29, 0.717) is 46.6 Å². The average molecular weight is 485 g/mol. The molecule has 10 heteroatoms. The number of halogens is 2. The van der Waals surface area contributed by atoms with Gasteiger partial charge in [0.1, 0.15) is 19.0 Å². The van der Waals surface area contributed by atoms with Gasteiger partial charge >= 0.3 is 5.97 Å². The third-order valence-corrected chi connectivity index (χ3v) is 6.48. The van der Waals surface area contributed by atoms with E-state index in [9.17, 15) is 13.2 Å². The van der Waals surface area contributed by atoms with Crippen molar-refractivity contribution in [3.8, 4) is 5.75 Å². The van der Waals surface area contributed by atoms with Gasteiger partial charge in [-0.3, -0.25) is 14.5 Å². The van der Waals surface area contributed by atoms with Crippen molar-refractivity contribution in [1.29, 1.82) is 0 Å². The number of rotatable bonds is 10. The van der Waals surface area contributed by atoms with Gasteiger partial charge in [-0.2, -0.15) is 0 Å². The molecule has 1 heterocycles. The highest BCUT2D eigenvalue weighted by Crippen LogP contribution is 2.32. The predicted molar refractivity (Wildman–Crippen MR) is 120 cm³/mol. The lowest BCUT2D eigenvalue weighted by molar-refractivity contribution is -0.144. The van der Waals surface area contributed by atoms with E-state index in [1.54, 1.807) is 42.5 Å². The lowest BCUT2D eigenvalue weighted by Crippen LogP contribution is -2.22. The van der Waals surface area contributed by atoms with Crippen molar-refractivity contribution >= 4 is 45.0 Å². The fraction of sp³-hybridized carbons (Fsp3) is 0.333. The van der Waals surface area contributed by atoms with E-state index >= 15 is 0 Å². The monoisotopic (exact) mass is 484 g/mol. The molecule has 166 valence electrons. The normalized spacial score (nSPS) is 15.4. The molecule has 7 nitrogen and oxygen atoms in total. The van der Waals surface area contributed by atoms with Gasteiger partial charge in [0.15, 0.2) is 5.75 Å². The Labute approximate surface area is 191 Å². The third-order valence-electron chi connectivity index (χ3n) is 4.48. The third kappa shape index (κ3) is 6.35. The molecule has 0 atom stereocenters. The number of hydrogen-bond acceptors (Lipinski definition) is 6. The summed E-state index contributed by atoms with van der Waals surface area (Å²) in [4.78, 5) is 16.4. The molecule has 0 saturated heterocycles. The Hall–Kier alpha value is -2.29. The van der Waals surface area contributed by atoms with Crippen molar-refractivity contribution in [2.24, 2.45) is 4.99 Å². The molecule has 1 N–H and O–H groups in total. The molecule has 2 aromatic rings. The van der Waals surface area contributed by atoms with Gasteiger partial charge in [-0.05, 0) is 37.1 Å². The maximum Gasteiger partial charge on any atom is 0.305 e. The van der Waals surface area contributed by atoms with Gasteiger partial charge in [0.25, 0.3) is 10.0 Å². The first kappa shape index (κ1) is 23.4. The summed E-state index contributed by atoms with van der Waals surface area (Å²) in [5.41, 5.74) is 0.589. The Morgan fingerprint density at radius 2 is 1.71 bits per heavy atom. The van der Waals surface area contributed by atoms with Crippen LogP contribution in [-0.2, 0) is 19.6 Å². The topological polar surface area (TPSA) is 94.1 Å². The van der Waals surface area contributed by atoms with E-state index in [1.807, 2.05) is 0 Å². The van der Waals surface area contributed by atoms with Crippen LogP contribution in [0.2, 0.25) is 10.0 Å². The number of ether oxygens (including phenoxy) is 2. The molecule has 2 aromatic carbocycles. The van der Waals surface area contributed by atoms with E-state index in [1.165, 1.54) is 0 Å². The standard InChI is InChI=1S/C21H22Cl2N2O5S/c22-16-8-6-9-17(23)20(16)30-14-13-29-19(26)11-2-1-5-12-24-21-15-7-3-4-10-18(15)31(27,28)25-21/h3-4,6-10H,1-2,5,11-14H2,(H,24,25). The molecule has 0 fully saturated rings. The lowest BCUT2D eigenvalue weighted by Gasteiger charge is -2.10. The molecule has 3 rings (SSSR count). The van der Waals surface area contributed by atoms with Crippen molar-refractivity contribution in [2.75, 3.05) is 19.8 Å². The van der Waals surface area contributed by atoms with Gasteiger partial charge < -0.3 is 9.47 Å². The summed E-state index contributed by atoms with van der Waals surface area (Å²) in [6.07, 6.45) is 2.45. The summed E-state index contributed by atoms with van der Waals surface area (Å²) in [5, 5.41) is 0.799. The second-order valence-electron chi connectivity index (χ2n) is 6.76. The number of benzene rings is 2. The quantitative estimate of drug-likeness (QED) is 0.402. The molecule has 0 unspecified atom stereocenters. The van der Waals surface area contributed by atoms with Gasteiger partial charge in [0, 0.05) is 18.5 Å². The molecule has 0 aliphatic carbocycles. The number of nitrogens with zero attached hydrogens (tertiary/aromatic N) is 1. The number of nitrogens with one attached hydrogen (secondary N) is 1. The molecule has 0 bridgehead atoms. The summed E-state index contributed by atoms with van der Waals surface area (Å²) >= 11 is 12.0. The van der Waals surface area contributed by atoms with Crippen LogP contribution >= 0.6 is 23.2 Å². The summed E-state index contributed by atoms with van der Waals surface area (Å²) in [7, 11) is -3.51. The molecule has 1 aliphatic rings. The van der Waals surface area contributed by atoms with Crippen LogP contribution in [0.3, 0.4) is 0 Å². The minimum absolute atomic E-state index is 0.105. The van der Waals surface area contributed by atoms with E-state index in [4.69, 9.17) is 32.7 Å². The number of unbranched alkanes of at least 4 members (excludes halogenated alkanes) is 2. The van der Waals surface area contributed by atoms with Crippen LogP contribution in [0.25, 0.3) is 0 Å². The SMILES string of the molecule is O=C(CCCCCN=C1NS(=O)(=O)c2ccccc21)OCCOc1c(Cl)cccc1Cl. The number of carbonyl (C=O) groups excluding carboxylic acids is 1. The molecule has 0 saturated carbocycles. The highest BCUT2D eigenvalue weighted by Gasteiger charge is 2.29. The number of fused-ring (bicyclic) bond motifs is 1. The van der Waals surface area contributed by atoms with Crippen molar-refractivity contribution in [1.82, 2.24) is 4.72 Å². The predicted octanol–water partition coefficient (Wildman–Crippen LogP) is 4.21. The number of amidine groups is 1. The summed E-state index contributed by atoms with van der Waals surface area (Å²) in [5.74, 6) is 0.432. The first-order valence-electron chi connectivity index (χ1n) is 9.77. The Morgan fingerprint density at radius 1 is 0.968 bits per heavy atom. The summed E-state index contributed by atoms with van der Waals surface area (Å²) in [6.45, 7) is 0.728. The number of esters is 1. The zero-order chi connectivity index (χ0) is 22.3.